The van der Waals surface area contributed by atoms with Crippen LogP contribution in [-0.4, -0.2) is 54.3 Å². The van der Waals surface area contributed by atoms with Gasteiger partial charge >= 0.3 is 17.1 Å². The maximum absolute atomic E-state index is 9.99. The first-order valence-electron chi connectivity index (χ1n) is 5.77. The quantitative estimate of drug-likeness (QED) is 0.166. The molecule has 0 bridgehead atoms. The molecule has 0 aliphatic rings. The zero-order chi connectivity index (χ0) is 16.2. The molecule has 2 rings (SSSR count). The molecule has 0 aromatic carbocycles. The number of carbonyl (C=O) groups is 2. The molecule has 0 aliphatic carbocycles. The van der Waals surface area contributed by atoms with Crippen LogP contribution < -0.4 is 10.2 Å². The molecule has 27 heavy (non-hydrogen) atoms. The van der Waals surface area contributed by atoms with Gasteiger partial charge in [-0.2, -0.15) is 0 Å². The summed E-state index contributed by atoms with van der Waals surface area (Å²) >= 11 is 2.09. The number of hydrogen-bond acceptors (Lipinski definition) is 10. The first kappa shape index (κ1) is 36.1. The van der Waals surface area contributed by atoms with Gasteiger partial charge in [0.05, 0.1) is 11.9 Å². The van der Waals surface area contributed by atoms with Crippen LogP contribution in [0.2, 0.25) is 0 Å². The molecule has 1 radical (unpaired) electrons. The van der Waals surface area contributed by atoms with Crippen molar-refractivity contribution < 1.29 is 58.8 Å². The fourth-order valence-corrected chi connectivity index (χ4v) is 2.00. The van der Waals surface area contributed by atoms with Gasteiger partial charge in [-0.15, -0.1) is 0 Å². The second-order valence-corrected chi connectivity index (χ2v) is 5.27. The number of nitrogens with zero attached hydrogens (tertiary/aromatic N) is 4. The van der Waals surface area contributed by atoms with E-state index in [1.54, 1.807) is 36.9 Å². The number of hydrogen-bond donors (Lipinski definition) is 0. The molecule has 0 spiro atoms. The van der Waals surface area contributed by atoms with Crippen molar-refractivity contribution in [3.63, 3.8) is 0 Å². The van der Waals surface area contributed by atoms with Crippen LogP contribution in [0.4, 0.5) is 0 Å². The molecule has 0 fully saturated rings. The molecule has 10 N–H and O–H groups in total. The Bertz CT molecular complexity index is 547. The summed E-state index contributed by atoms with van der Waals surface area (Å²) in [7, 11) is 0. The molecule has 15 heteroatoms. The minimum atomic E-state index is -1.11. The Kier molecular flexibility index (Phi) is 29.7. The number of aliphatic carboxylic acids is 2. The van der Waals surface area contributed by atoms with Crippen molar-refractivity contribution in [3.8, 4) is 0 Å². The predicted molar refractivity (Wildman–Crippen MR) is 92.5 cm³/mol. The first-order chi connectivity index (χ1) is 10.6. The third kappa shape index (κ3) is 20.3. The molecule has 0 saturated carbocycles. The largest absolute Gasteiger partial charge is 2.00 e. The van der Waals surface area contributed by atoms with E-state index in [0.29, 0.717) is 10.3 Å². The molecule has 0 saturated heterocycles. The standard InChI is InChI=1S/2C6H6N2O2S.Cu.4H2O/c2*9-5(10)4-11-6-7-2-1-3-8-6;;;;;/h2*1-3H,4H2,(H,9,10);;4*1H2/q;;+2;;;;. The Hall–Kier alpha value is -1.84. The topological polar surface area (TPSA) is 261 Å². The van der Waals surface area contributed by atoms with Crippen LogP contribution in [0.25, 0.3) is 0 Å². The molecule has 2 aromatic rings. The van der Waals surface area contributed by atoms with Crippen molar-refractivity contribution in [2.24, 2.45) is 0 Å². The Morgan fingerprint density at radius 2 is 1.00 bits per heavy atom. The van der Waals surface area contributed by atoms with Crippen LogP contribution in [0.5, 0.6) is 0 Å². The molecular formula is C12H20CuN4O8S2+2. The molecule has 0 amide bonds. The van der Waals surface area contributed by atoms with Gasteiger partial charge in [0.2, 0.25) is 0 Å². The molecule has 2 heterocycles. The number of rotatable bonds is 6. The number of carboxylic acid groups (broad SMARTS) is 2. The van der Waals surface area contributed by atoms with Crippen molar-refractivity contribution in [1.82, 2.24) is 19.9 Å². The zero-order valence-corrected chi connectivity index (χ0v) is 16.1. The van der Waals surface area contributed by atoms with Gasteiger partial charge in [-0.25, -0.2) is 19.9 Å². The van der Waals surface area contributed by atoms with Crippen LogP contribution in [0.1, 0.15) is 0 Å². The van der Waals surface area contributed by atoms with E-state index in [9.17, 15) is 19.8 Å². The maximum Gasteiger partial charge on any atom is 2.00 e. The van der Waals surface area contributed by atoms with E-state index in [4.69, 9.17) is 0 Å². The van der Waals surface area contributed by atoms with Crippen molar-refractivity contribution >= 4 is 35.5 Å². The smallest absolute Gasteiger partial charge is 0.549 e. The van der Waals surface area contributed by atoms with Crippen LogP contribution in [0.3, 0.4) is 0 Å². The van der Waals surface area contributed by atoms with Crippen molar-refractivity contribution in [3.05, 3.63) is 36.9 Å². The third-order valence-corrected chi connectivity index (χ3v) is 3.42. The van der Waals surface area contributed by atoms with Gasteiger partial charge in [0.25, 0.3) is 0 Å². The summed E-state index contributed by atoms with van der Waals surface area (Å²) in [6.07, 6.45) is 6.24. The Labute approximate surface area is 173 Å². The number of carboxylic acids is 2. The molecule has 0 atom stereocenters. The van der Waals surface area contributed by atoms with Crippen molar-refractivity contribution in [2.75, 3.05) is 11.5 Å². The van der Waals surface area contributed by atoms with E-state index in [0.717, 1.165) is 23.5 Å². The molecule has 157 valence electrons. The zero-order valence-electron chi connectivity index (χ0n) is 13.6. The van der Waals surface area contributed by atoms with Gasteiger partial charge in [-0.1, -0.05) is 23.5 Å². The fourth-order valence-electron chi connectivity index (χ4n) is 0.967. The van der Waals surface area contributed by atoms with Crippen LogP contribution in [0, 0.1) is 0 Å². The summed E-state index contributed by atoms with van der Waals surface area (Å²) in [5.74, 6) is -2.43. The van der Waals surface area contributed by atoms with Gasteiger partial charge in [0.1, 0.15) is 0 Å². The summed E-state index contributed by atoms with van der Waals surface area (Å²) in [6.45, 7) is 0. The van der Waals surface area contributed by atoms with E-state index >= 15 is 0 Å². The number of carbonyl (C=O) groups excluding carboxylic acids is 2. The Morgan fingerprint density at radius 1 is 0.741 bits per heavy atom. The summed E-state index contributed by atoms with van der Waals surface area (Å²) < 4.78 is 0. The normalized spacial score (nSPS) is 7.70. The molecule has 0 aliphatic heterocycles. The second-order valence-electron chi connectivity index (χ2n) is 3.38. The predicted octanol–water partition coefficient (Wildman–Crippen LogP) is -4.86. The summed E-state index contributed by atoms with van der Waals surface area (Å²) in [5, 5.41) is 20.9. The average Bonchev–Trinajstić information content (AvgIpc) is 2.53. The fraction of sp³-hybridized carbons (Fsp3) is 0.167. The average molecular weight is 476 g/mol. The van der Waals surface area contributed by atoms with Crippen molar-refractivity contribution in [1.29, 1.82) is 0 Å². The summed E-state index contributed by atoms with van der Waals surface area (Å²) in [4.78, 5) is 35.2. The van der Waals surface area contributed by atoms with Gasteiger partial charge in [0.15, 0.2) is 10.3 Å². The molecule has 2 aromatic heterocycles. The van der Waals surface area contributed by atoms with E-state index < -0.39 is 11.9 Å². The Balaban J connectivity index is -0.000000101. The van der Waals surface area contributed by atoms with Crippen LogP contribution >= 0.6 is 23.5 Å². The third-order valence-electron chi connectivity index (χ3n) is 1.72. The number of aromatic nitrogens is 4. The summed E-state index contributed by atoms with van der Waals surface area (Å²) in [6, 6.07) is 3.34. The van der Waals surface area contributed by atoms with Gasteiger partial charge in [-0.3, -0.25) is 0 Å². The number of thioether (sulfide) groups is 2. The van der Waals surface area contributed by atoms with E-state index in [1.165, 1.54) is 0 Å². The van der Waals surface area contributed by atoms with E-state index in [2.05, 4.69) is 19.9 Å². The van der Waals surface area contributed by atoms with Gasteiger partial charge in [-0.05, 0) is 12.1 Å². The van der Waals surface area contributed by atoms with Crippen LogP contribution in [0.15, 0.2) is 47.2 Å². The van der Waals surface area contributed by atoms with Gasteiger partial charge < -0.3 is 41.7 Å². The minimum Gasteiger partial charge on any atom is -0.549 e. The SMILES string of the molecule is O.O.O=C([O-])CSc1ncccn1.O=C([O-])CSc1ncccn1.[Cu+2].[OH3+].[OH3+]. The molecule has 0 unspecified atom stereocenters. The second kappa shape index (κ2) is 22.2. The Morgan fingerprint density at radius 3 is 1.22 bits per heavy atom. The van der Waals surface area contributed by atoms with Gasteiger partial charge in [0, 0.05) is 36.3 Å². The van der Waals surface area contributed by atoms with Crippen molar-refractivity contribution in [2.45, 2.75) is 10.3 Å². The van der Waals surface area contributed by atoms with Crippen LogP contribution in [-0.2, 0) is 37.6 Å². The monoisotopic (exact) mass is 475 g/mol. The minimum absolute atomic E-state index is 0. The first-order valence-corrected chi connectivity index (χ1v) is 7.74. The summed E-state index contributed by atoms with van der Waals surface area (Å²) in [5.41, 5.74) is 0. The molecular weight excluding hydrogens is 456 g/mol. The van der Waals surface area contributed by atoms with E-state index in [-0.39, 0.29) is 50.5 Å². The maximum atomic E-state index is 9.99. The van der Waals surface area contributed by atoms with E-state index in [1.807, 2.05) is 0 Å². The molecule has 12 nitrogen and oxygen atoms in total.